The van der Waals surface area contributed by atoms with Crippen molar-refractivity contribution >= 4 is 33.0 Å². The Labute approximate surface area is 117 Å². The molecule has 0 heterocycles. The number of benzene rings is 1. The summed E-state index contributed by atoms with van der Waals surface area (Å²) in [6, 6.07) is 4.10. The van der Waals surface area contributed by atoms with Gasteiger partial charge in [0.1, 0.15) is 0 Å². The summed E-state index contributed by atoms with van der Waals surface area (Å²) < 4.78 is 25.8. The molecule has 0 aliphatic rings. The van der Waals surface area contributed by atoms with E-state index in [0.29, 0.717) is 30.0 Å². The van der Waals surface area contributed by atoms with Crippen molar-refractivity contribution in [2.24, 2.45) is 0 Å². The molecule has 8 heteroatoms. The Morgan fingerprint density at radius 3 is 2.58 bits per heavy atom. The number of nitrogens with one attached hydrogen (secondary N) is 1. The number of sulfonamides is 1. The van der Waals surface area contributed by atoms with E-state index in [1.165, 1.54) is 18.2 Å². The topological polar surface area (TPSA) is 89.3 Å². The van der Waals surface area contributed by atoms with E-state index in [4.69, 9.17) is 11.6 Å². The molecule has 0 atom stereocenters. The third-order valence-electron chi connectivity index (χ3n) is 2.46. The number of nitro groups is 1. The van der Waals surface area contributed by atoms with Crippen LogP contribution in [0.15, 0.2) is 18.2 Å². The number of anilines is 1. The fourth-order valence-corrected chi connectivity index (χ4v) is 2.90. The Kier molecular flexibility index (Phi) is 5.56. The molecular weight excluding hydrogens is 292 g/mol. The van der Waals surface area contributed by atoms with Crippen LogP contribution in [0.25, 0.3) is 0 Å². The maximum atomic E-state index is 11.7. The summed E-state index contributed by atoms with van der Waals surface area (Å²) in [6.07, 6.45) is 1.10. The van der Waals surface area contributed by atoms with E-state index in [9.17, 15) is 18.5 Å². The van der Waals surface area contributed by atoms with Crippen molar-refractivity contribution in [1.82, 2.24) is 0 Å². The Hall–Kier alpha value is -1.34. The molecule has 0 saturated carbocycles. The van der Waals surface area contributed by atoms with E-state index in [1.807, 2.05) is 0 Å². The van der Waals surface area contributed by atoms with E-state index < -0.39 is 14.9 Å². The smallest absolute Gasteiger partial charge is 0.272 e. The molecule has 0 radical (unpaired) electrons. The first-order valence-corrected chi connectivity index (χ1v) is 7.86. The van der Waals surface area contributed by atoms with Gasteiger partial charge in [0.15, 0.2) is 0 Å². The first-order valence-electron chi connectivity index (χ1n) is 5.67. The van der Waals surface area contributed by atoms with Crippen LogP contribution in [0, 0.1) is 17.0 Å². The summed E-state index contributed by atoms with van der Waals surface area (Å²) in [6.45, 7) is 1.56. The highest BCUT2D eigenvalue weighted by Crippen LogP contribution is 2.22. The highest BCUT2D eigenvalue weighted by atomic mass is 35.5. The Morgan fingerprint density at radius 1 is 1.37 bits per heavy atom. The van der Waals surface area contributed by atoms with Gasteiger partial charge in [0.2, 0.25) is 10.0 Å². The lowest BCUT2D eigenvalue weighted by Gasteiger charge is -2.08. The molecule has 1 N–H and O–H groups in total. The normalized spacial score (nSPS) is 11.3. The lowest BCUT2D eigenvalue weighted by atomic mass is 10.2. The van der Waals surface area contributed by atoms with Gasteiger partial charge >= 0.3 is 0 Å². The monoisotopic (exact) mass is 306 g/mol. The molecule has 0 aliphatic heterocycles. The van der Waals surface area contributed by atoms with Crippen molar-refractivity contribution in [3.05, 3.63) is 33.9 Å². The molecule has 0 unspecified atom stereocenters. The summed E-state index contributed by atoms with van der Waals surface area (Å²) in [7, 11) is -3.44. The van der Waals surface area contributed by atoms with Gasteiger partial charge in [-0.3, -0.25) is 14.8 Å². The van der Waals surface area contributed by atoms with Crippen molar-refractivity contribution in [2.45, 2.75) is 19.8 Å². The van der Waals surface area contributed by atoms with Crippen LogP contribution < -0.4 is 4.72 Å². The van der Waals surface area contributed by atoms with Crippen LogP contribution >= 0.6 is 11.6 Å². The Balaban J connectivity index is 2.77. The number of nitro benzene ring substituents is 1. The average molecular weight is 307 g/mol. The third-order valence-corrected chi connectivity index (χ3v) is 4.10. The van der Waals surface area contributed by atoms with Gasteiger partial charge < -0.3 is 0 Å². The predicted molar refractivity (Wildman–Crippen MR) is 75.2 cm³/mol. The number of halogens is 1. The van der Waals surface area contributed by atoms with Crippen molar-refractivity contribution < 1.29 is 13.3 Å². The molecule has 1 aromatic rings. The van der Waals surface area contributed by atoms with E-state index in [2.05, 4.69) is 4.72 Å². The summed E-state index contributed by atoms with van der Waals surface area (Å²) in [5.74, 6) is 0.405. The molecule has 0 aromatic heterocycles. The van der Waals surface area contributed by atoms with E-state index in [0.717, 1.165) is 0 Å². The quantitative estimate of drug-likeness (QED) is 0.363. The van der Waals surface area contributed by atoms with Crippen molar-refractivity contribution in [1.29, 1.82) is 0 Å². The van der Waals surface area contributed by atoms with Crippen molar-refractivity contribution in [3.8, 4) is 0 Å². The van der Waals surface area contributed by atoms with Gasteiger partial charge in [-0.05, 0) is 31.9 Å². The zero-order valence-electron chi connectivity index (χ0n) is 10.4. The zero-order valence-corrected chi connectivity index (χ0v) is 12.0. The van der Waals surface area contributed by atoms with Crippen LogP contribution in [-0.4, -0.2) is 25.0 Å². The lowest BCUT2D eigenvalue weighted by molar-refractivity contribution is -0.385. The summed E-state index contributed by atoms with van der Waals surface area (Å²) in [5.41, 5.74) is 0.699. The third kappa shape index (κ3) is 5.04. The number of alkyl halides is 1. The highest BCUT2D eigenvalue weighted by Gasteiger charge is 2.14. The molecular formula is C11H15ClN2O4S. The van der Waals surface area contributed by atoms with Gasteiger partial charge in [0.25, 0.3) is 5.69 Å². The maximum Gasteiger partial charge on any atom is 0.272 e. The minimum atomic E-state index is -3.44. The minimum Gasteiger partial charge on any atom is -0.284 e. The second-order valence-corrected chi connectivity index (χ2v) is 6.30. The molecule has 0 fully saturated rings. The molecule has 19 heavy (non-hydrogen) atoms. The minimum absolute atomic E-state index is 0.0181. The van der Waals surface area contributed by atoms with Crippen LogP contribution in [0.1, 0.15) is 18.4 Å². The van der Waals surface area contributed by atoms with Crippen molar-refractivity contribution in [3.63, 3.8) is 0 Å². The second-order valence-electron chi connectivity index (χ2n) is 4.08. The maximum absolute atomic E-state index is 11.7. The number of nitrogens with zero attached hydrogens (tertiary/aromatic N) is 1. The highest BCUT2D eigenvalue weighted by molar-refractivity contribution is 7.92. The molecule has 0 amide bonds. The molecule has 0 aliphatic carbocycles. The molecule has 1 rings (SSSR count). The average Bonchev–Trinajstić information content (AvgIpc) is 2.28. The standard InChI is InChI=1S/C11H15ClN2O4S/c1-9-8-10(4-5-11(9)14(15)16)13-19(17,18)7-3-2-6-12/h4-5,8,13H,2-3,6-7H2,1H3. The fourth-order valence-electron chi connectivity index (χ4n) is 1.54. The molecule has 106 valence electrons. The first kappa shape index (κ1) is 15.7. The number of hydrogen-bond acceptors (Lipinski definition) is 4. The molecule has 0 saturated heterocycles. The van der Waals surface area contributed by atoms with Gasteiger partial charge in [-0.25, -0.2) is 8.42 Å². The second kappa shape index (κ2) is 6.72. The molecule has 0 bridgehead atoms. The van der Waals surface area contributed by atoms with Crippen LogP contribution in [0.2, 0.25) is 0 Å². The number of hydrogen-bond donors (Lipinski definition) is 1. The fraction of sp³-hybridized carbons (Fsp3) is 0.455. The summed E-state index contributed by atoms with van der Waals surface area (Å²) in [5, 5.41) is 10.6. The van der Waals surface area contributed by atoms with Crippen molar-refractivity contribution in [2.75, 3.05) is 16.4 Å². The number of rotatable bonds is 7. The lowest BCUT2D eigenvalue weighted by Crippen LogP contribution is -2.16. The van der Waals surface area contributed by atoms with E-state index in [-0.39, 0.29) is 11.4 Å². The first-order chi connectivity index (χ1) is 8.85. The summed E-state index contributed by atoms with van der Waals surface area (Å²) >= 11 is 5.48. The number of aryl methyl sites for hydroxylation is 1. The van der Waals surface area contributed by atoms with Crippen LogP contribution in [0.3, 0.4) is 0 Å². The zero-order chi connectivity index (χ0) is 14.5. The van der Waals surface area contributed by atoms with Crippen LogP contribution in [-0.2, 0) is 10.0 Å². The molecule has 1 aromatic carbocycles. The molecule has 0 spiro atoms. The van der Waals surface area contributed by atoms with Crippen LogP contribution in [0.5, 0.6) is 0 Å². The van der Waals surface area contributed by atoms with Gasteiger partial charge in [-0.1, -0.05) is 0 Å². The van der Waals surface area contributed by atoms with Gasteiger partial charge in [0.05, 0.1) is 10.7 Å². The SMILES string of the molecule is Cc1cc(NS(=O)(=O)CCCCCl)ccc1[N+](=O)[O-]. The van der Waals surface area contributed by atoms with Crippen LogP contribution in [0.4, 0.5) is 11.4 Å². The van der Waals surface area contributed by atoms with Gasteiger partial charge in [-0.15, -0.1) is 11.6 Å². The Bertz CT molecular complexity index is 560. The number of unbranched alkanes of at least 4 members (excludes halogenated alkanes) is 1. The van der Waals surface area contributed by atoms with Gasteiger partial charge in [-0.2, -0.15) is 0 Å². The van der Waals surface area contributed by atoms with E-state index >= 15 is 0 Å². The van der Waals surface area contributed by atoms with E-state index in [1.54, 1.807) is 6.92 Å². The predicted octanol–water partition coefficient (Wildman–Crippen LogP) is 2.66. The van der Waals surface area contributed by atoms with Gasteiger partial charge in [0, 0.05) is 23.2 Å². The Morgan fingerprint density at radius 2 is 2.05 bits per heavy atom. The molecule has 6 nitrogen and oxygen atoms in total. The summed E-state index contributed by atoms with van der Waals surface area (Å²) in [4.78, 5) is 10.1. The largest absolute Gasteiger partial charge is 0.284 e.